The highest BCUT2D eigenvalue weighted by atomic mass is 35.5. The lowest BCUT2D eigenvalue weighted by atomic mass is 10.2. The Kier molecular flexibility index (Phi) is 9.65. The van der Waals surface area contributed by atoms with Crippen LogP contribution in [0.25, 0.3) is 11.0 Å². The number of benzene rings is 1. The monoisotopic (exact) mass is 609 g/mol. The number of ether oxygens (including phenoxy) is 1. The van der Waals surface area contributed by atoms with Crippen LogP contribution in [0.4, 0.5) is 20.7 Å². The average molecular weight is 611 g/mol. The molecule has 0 fully saturated rings. The molecule has 4 aromatic rings. The van der Waals surface area contributed by atoms with Gasteiger partial charge in [-0.15, -0.1) is 0 Å². The van der Waals surface area contributed by atoms with Crippen molar-refractivity contribution in [3.63, 3.8) is 0 Å². The van der Waals surface area contributed by atoms with Crippen molar-refractivity contribution in [1.29, 1.82) is 0 Å². The Labute approximate surface area is 242 Å². The van der Waals surface area contributed by atoms with Gasteiger partial charge in [0, 0.05) is 24.2 Å². The summed E-state index contributed by atoms with van der Waals surface area (Å²) in [5, 5.41) is 3.77. The lowest BCUT2D eigenvalue weighted by Gasteiger charge is -2.24. The summed E-state index contributed by atoms with van der Waals surface area (Å²) < 4.78 is 47.4. The number of carbonyl (C=O) groups excluding carboxylic acids is 1. The lowest BCUT2D eigenvalue weighted by molar-refractivity contribution is 0.0286. The second kappa shape index (κ2) is 12.4. The summed E-state index contributed by atoms with van der Waals surface area (Å²) in [5.74, 6) is -0.433. The minimum Gasteiger partial charge on any atom is -0.444 e. The Bertz CT molecular complexity index is 1640. The lowest BCUT2D eigenvalue weighted by Crippen LogP contribution is -2.33. The van der Waals surface area contributed by atoms with Crippen LogP contribution in [0, 0.1) is 5.82 Å². The minimum absolute atomic E-state index is 0.0263. The zero-order valence-corrected chi connectivity index (χ0v) is 25.2. The van der Waals surface area contributed by atoms with Crippen LogP contribution in [0.2, 0.25) is 10.3 Å². The maximum absolute atomic E-state index is 13.9. The van der Waals surface area contributed by atoms with E-state index in [1.54, 1.807) is 39.0 Å². The molecular formula is C27H30Cl2FN5O4S. The van der Waals surface area contributed by atoms with Crippen LogP contribution >= 0.6 is 23.2 Å². The smallest absolute Gasteiger partial charge is 0.410 e. The molecule has 0 saturated heterocycles. The fourth-order valence-corrected chi connectivity index (χ4v) is 5.33. The van der Waals surface area contributed by atoms with E-state index >= 15 is 0 Å². The number of hydrogen-bond acceptors (Lipinski definition) is 7. The van der Waals surface area contributed by atoms with E-state index in [1.807, 2.05) is 13.8 Å². The number of fused-ring (bicyclic) bond motifs is 1. The number of rotatable bonds is 6. The first-order valence-electron chi connectivity index (χ1n) is 12.3. The van der Waals surface area contributed by atoms with E-state index in [2.05, 4.69) is 15.3 Å². The molecule has 0 aliphatic heterocycles. The van der Waals surface area contributed by atoms with Gasteiger partial charge < -0.3 is 15.0 Å². The number of nitrogens with zero attached hydrogens (tertiary/aromatic N) is 4. The van der Waals surface area contributed by atoms with Crippen molar-refractivity contribution in [2.45, 2.75) is 51.7 Å². The minimum atomic E-state index is -4.26. The second-order valence-electron chi connectivity index (χ2n) is 9.41. The Morgan fingerprint density at radius 1 is 1.10 bits per heavy atom. The Hall–Kier alpha value is -3.41. The molecule has 3 aromatic heterocycles. The zero-order chi connectivity index (χ0) is 29.8. The maximum Gasteiger partial charge on any atom is 0.410 e. The SMILES string of the molecule is CC.CN(Cc1cn(S(=O)(=O)c2cccc(F)c2)c2nc(Nc3ccc(Cl)nc3Cl)ccc12)C(=O)OC(C)(C)C. The van der Waals surface area contributed by atoms with Crippen LogP contribution in [-0.2, 0) is 21.3 Å². The van der Waals surface area contributed by atoms with Gasteiger partial charge in [0.05, 0.1) is 17.1 Å². The van der Waals surface area contributed by atoms with E-state index in [0.29, 0.717) is 16.6 Å². The summed E-state index contributed by atoms with van der Waals surface area (Å²) in [5.41, 5.74) is 0.238. The number of pyridine rings is 2. The van der Waals surface area contributed by atoms with E-state index in [0.717, 1.165) is 16.1 Å². The third kappa shape index (κ3) is 7.21. The quantitative estimate of drug-likeness (QED) is 0.229. The maximum atomic E-state index is 13.9. The largest absolute Gasteiger partial charge is 0.444 e. The molecule has 1 N–H and O–H groups in total. The molecule has 0 radical (unpaired) electrons. The molecule has 40 heavy (non-hydrogen) atoms. The summed E-state index contributed by atoms with van der Waals surface area (Å²) in [6.07, 6.45) is 0.779. The molecule has 4 rings (SSSR count). The van der Waals surface area contributed by atoms with Gasteiger partial charge in [-0.3, -0.25) is 0 Å². The van der Waals surface area contributed by atoms with E-state index in [1.165, 1.54) is 36.3 Å². The molecule has 1 amide bonds. The molecular weight excluding hydrogens is 580 g/mol. The third-order valence-electron chi connectivity index (χ3n) is 5.25. The predicted molar refractivity (Wildman–Crippen MR) is 155 cm³/mol. The van der Waals surface area contributed by atoms with Crippen molar-refractivity contribution in [3.8, 4) is 0 Å². The van der Waals surface area contributed by atoms with Gasteiger partial charge in [0.25, 0.3) is 10.0 Å². The number of amides is 1. The molecule has 0 bridgehead atoms. The first kappa shape index (κ1) is 31.1. The first-order valence-corrected chi connectivity index (χ1v) is 14.5. The Balaban J connectivity index is 0.00000216. The van der Waals surface area contributed by atoms with E-state index in [4.69, 9.17) is 27.9 Å². The van der Waals surface area contributed by atoms with Crippen LogP contribution in [0.1, 0.15) is 40.2 Å². The molecule has 0 saturated carbocycles. The van der Waals surface area contributed by atoms with Gasteiger partial charge in [0.1, 0.15) is 22.4 Å². The van der Waals surface area contributed by atoms with E-state index in [-0.39, 0.29) is 33.2 Å². The summed E-state index contributed by atoms with van der Waals surface area (Å²) in [7, 11) is -2.72. The number of nitrogens with one attached hydrogen (secondary N) is 1. The van der Waals surface area contributed by atoms with Crippen molar-refractivity contribution in [3.05, 3.63) is 76.4 Å². The molecule has 13 heteroatoms. The molecule has 214 valence electrons. The van der Waals surface area contributed by atoms with Gasteiger partial charge in [-0.1, -0.05) is 43.1 Å². The van der Waals surface area contributed by atoms with Crippen LogP contribution in [0.3, 0.4) is 0 Å². The average Bonchev–Trinajstić information content (AvgIpc) is 3.24. The van der Waals surface area contributed by atoms with Gasteiger partial charge in [-0.25, -0.2) is 31.5 Å². The summed E-state index contributed by atoms with van der Waals surface area (Å²) in [6.45, 7) is 9.27. The van der Waals surface area contributed by atoms with Crippen LogP contribution in [-0.4, -0.2) is 46.0 Å². The van der Waals surface area contributed by atoms with Gasteiger partial charge >= 0.3 is 6.09 Å². The van der Waals surface area contributed by atoms with Crippen molar-refractivity contribution in [2.24, 2.45) is 0 Å². The standard InChI is InChI=1S/C25H24Cl2FN5O4S.C2H6/c1-25(2,3)37-24(34)32(4)13-15-14-33(38(35,36)17-7-5-6-16(28)12-17)23-18(15)8-11-21(31-23)29-19-9-10-20(26)30-22(19)27;1-2/h5-12,14H,13H2,1-4H3,(H,29,31);1-2H3. The number of halogens is 3. The summed E-state index contributed by atoms with van der Waals surface area (Å²) in [4.78, 5) is 22.1. The first-order chi connectivity index (χ1) is 18.7. The highest BCUT2D eigenvalue weighted by molar-refractivity contribution is 7.90. The highest BCUT2D eigenvalue weighted by Gasteiger charge is 2.26. The van der Waals surface area contributed by atoms with Gasteiger partial charge in [-0.05, 0) is 63.2 Å². The van der Waals surface area contributed by atoms with Crippen molar-refractivity contribution in [2.75, 3.05) is 12.4 Å². The third-order valence-corrected chi connectivity index (χ3v) is 7.39. The zero-order valence-electron chi connectivity index (χ0n) is 22.9. The van der Waals surface area contributed by atoms with Crippen LogP contribution in [0.5, 0.6) is 0 Å². The highest BCUT2D eigenvalue weighted by Crippen LogP contribution is 2.30. The van der Waals surface area contributed by atoms with Crippen molar-refractivity contribution < 1.29 is 22.3 Å². The van der Waals surface area contributed by atoms with Gasteiger partial charge in [0.15, 0.2) is 10.8 Å². The topological polar surface area (TPSA) is 106 Å². The molecule has 0 spiro atoms. The van der Waals surface area contributed by atoms with Gasteiger partial charge in [0.2, 0.25) is 0 Å². The molecule has 0 atom stereocenters. The number of aromatic nitrogens is 3. The molecule has 0 unspecified atom stereocenters. The Morgan fingerprint density at radius 2 is 1.80 bits per heavy atom. The number of carbonyl (C=O) groups is 1. The normalized spacial score (nSPS) is 11.5. The Morgan fingerprint density at radius 3 is 2.42 bits per heavy atom. The van der Waals surface area contributed by atoms with Crippen molar-refractivity contribution >= 4 is 61.9 Å². The molecule has 3 heterocycles. The molecule has 0 aliphatic carbocycles. The fraction of sp³-hybridized carbons (Fsp3) is 0.296. The van der Waals surface area contributed by atoms with E-state index in [9.17, 15) is 17.6 Å². The van der Waals surface area contributed by atoms with Gasteiger partial charge in [-0.2, -0.15) is 0 Å². The van der Waals surface area contributed by atoms with Crippen LogP contribution < -0.4 is 5.32 Å². The van der Waals surface area contributed by atoms with E-state index < -0.39 is 27.5 Å². The fourth-order valence-electron chi connectivity index (χ4n) is 3.56. The molecule has 1 aromatic carbocycles. The predicted octanol–water partition coefficient (Wildman–Crippen LogP) is 7.25. The summed E-state index contributed by atoms with van der Waals surface area (Å²) in [6, 6.07) is 11.1. The number of hydrogen-bond donors (Lipinski definition) is 1. The number of anilines is 2. The second-order valence-corrected chi connectivity index (χ2v) is 12.0. The summed E-state index contributed by atoms with van der Waals surface area (Å²) >= 11 is 12.0. The molecule has 9 nitrogen and oxygen atoms in total. The molecule has 0 aliphatic rings. The van der Waals surface area contributed by atoms with Crippen molar-refractivity contribution in [1.82, 2.24) is 18.8 Å². The van der Waals surface area contributed by atoms with Crippen LogP contribution in [0.15, 0.2) is 59.6 Å².